The summed E-state index contributed by atoms with van der Waals surface area (Å²) in [5.41, 5.74) is 1.29. The molecule has 0 aliphatic heterocycles. The monoisotopic (exact) mass is 198 g/mol. The van der Waals surface area contributed by atoms with E-state index < -0.39 is 0 Å². The lowest BCUT2D eigenvalue weighted by Gasteiger charge is -2.12. The van der Waals surface area contributed by atoms with E-state index in [1.807, 2.05) is 0 Å². The summed E-state index contributed by atoms with van der Waals surface area (Å²) in [5, 5.41) is 18.1. The van der Waals surface area contributed by atoms with Crippen LogP contribution in [0.2, 0.25) is 0 Å². The van der Waals surface area contributed by atoms with Crippen LogP contribution in [-0.2, 0) is 18.0 Å². The Morgan fingerprint density at radius 3 is 2.14 bits per heavy atom. The summed E-state index contributed by atoms with van der Waals surface area (Å²) in [6, 6.07) is 5.24. The van der Waals surface area contributed by atoms with E-state index in [-0.39, 0.29) is 20.0 Å². The number of ether oxygens (including phenoxy) is 2. The molecule has 0 saturated carbocycles. The zero-order valence-electron chi connectivity index (χ0n) is 8.06. The van der Waals surface area contributed by atoms with E-state index in [0.717, 1.165) is 0 Å². The molecule has 0 heterocycles. The van der Waals surface area contributed by atoms with Gasteiger partial charge in [0.05, 0.1) is 13.2 Å². The van der Waals surface area contributed by atoms with Gasteiger partial charge in [0, 0.05) is 18.2 Å². The Hall–Kier alpha value is -1.10. The highest BCUT2D eigenvalue weighted by Crippen LogP contribution is 2.24. The zero-order valence-corrected chi connectivity index (χ0v) is 8.06. The van der Waals surface area contributed by atoms with Crippen molar-refractivity contribution in [2.45, 2.75) is 13.2 Å². The van der Waals surface area contributed by atoms with E-state index in [1.54, 1.807) is 18.2 Å². The molecule has 4 nitrogen and oxygen atoms in total. The first-order chi connectivity index (χ1) is 6.83. The van der Waals surface area contributed by atoms with Crippen LogP contribution in [-0.4, -0.2) is 24.1 Å². The molecule has 78 valence electrons. The third-order valence-electron chi connectivity index (χ3n) is 1.84. The number of methoxy groups -OCH3 is 1. The fourth-order valence-corrected chi connectivity index (χ4v) is 1.19. The second-order valence-electron chi connectivity index (χ2n) is 2.77. The summed E-state index contributed by atoms with van der Waals surface area (Å²) in [4.78, 5) is 0. The predicted octanol–water partition coefficient (Wildman–Crippen LogP) is 0.654. The van der Waals surface area contributed by atoms with Crippen molar-refractivity contribution in [1.29, 1.82) is 0 Å². The van der Waals surface area contributed by atoms with Gasteiger partial charge >= 0.3 is 0 Å². The summed E-state index contributed by atoms with van der Waals surface area (Å²) in [5.74, 6) is 0.499. The van der Waals surface area contributed by atoms with Crippen molar-refractivity contribution in [3.63, 3.8) is 0 Å². The average molecular weight is 198 g/mol. The van der Waals surface area contributed by atoms with Crippen LogP contribution < -0.4 is 4.74 Å². The molecule has 0 spiro atoms. The molecule has 1 rings (SSSR count). The molecule has 1 aromatic carbocycles. The van der Waals surface area contributed by atoms with Crippen molar-refractivity contribution in [1.82, 2.24) is 0 Å². The van der Waals surface area contributed by atoms with Crippen LogP contribution in [0.25, 0.3) is 0 Å². The van der Waals surface area contributed by atoms with E-state index in [2.05, 4.69) is 0 Å². The van der Waals surface area contributed by atoms with Crippen molar-refractivity contribution in [3.05, 3.63) is 29.3 Å². The molecular weight excluding hydrogens is 184 g/mol. The highest BCUT2D eigenvalue weighted by Gasteiger charge is 2.07. The maximum Gasteiger partial charge on any atom is 0.188 e. The first-order valence-electron chi connectivity index (χ1n) is 4.27. The number of hydrogen-bond acceptors (Lipinski definition) is 4. The minimum Gasteiger partial charge on any atom is -0.467 e. The molecule has 0 saturated heterocycles. The van der Waals surface area contributed by atoms with Gasteiger partial charge in [-0.2, -0.15) is 0 Å². The number of para-hydroxylation sites is 1. The van der Waals surface area contributed by atoms with Crippen molar-refractivity contribution >= 4 is 0 Å². The van der Waals surface area contributed by atoms with Gasteiger partial charge in [0.25, 0.3) is 0 Å². The third-order valence-corrected chi connectivity index (χ3v) is 1.84. The van der Waals surface area contributed by atoms with Crippen molar-refractivity contribution in [3.8, 4) is 5.75 Å². The minimum atomic E-state index is -0.118. The number of rotatable bonds is 5. The van der Waals surface area contributed by atoms with Crippen LogP contribution >= 0.6 is 0 Å². The summed E-state index contributed by atoms with van der Waals surface area (Å²) in [6.07, 6.45) is 0. The van der Waals surface area contributed by atoms with Gasteiger partial charge in [0.1, 0.15) is 5.75 Å². The van der Waals surface area contributed by atoms with Crippen LogP contribution in [0.1, 0.15) is 11.1 Å². The van der Waals surface area contributed by atoms with Crippen molar-refractivity contribution in [2.75, 3.05) is 13.9 Å². The smallest absolute Gasteiger partial charge is 0.188 e. The molecule has 0 radical (unpaired) electrons. The second kappa shape index (κ2) is 5.59. The van der Waals surface area contributed by atoms with Gasteiger partial charge in [-0.15, -0.1) is 0 Å². The molecule has 0 atom stereocenters. The van der Waals surface area contributed by atoms with Gasteiger partial charge in [-0.1, -0.05) is 18.2 Å². The number of benzene rings is 1. The van der Waals surface area contributed by atoms with Crippen LogP contribution in [0.15, 0.2) is 18.2 Å². The molecule has 4 heteroatoms. The molecule has 0 aliphatic rings. The van der Waals surface area contributed by atoms with Gasteiger partial charge in [-0.05, 0) is 0 Å². The van der Waals surface area contributed by atoms with Crippen LogP contribution in [0.5, 0.6) is 5.75 Å². The van der Waals surface area contributed by atoms with Gasteiger partial charge in [-0.25, -0.2) is 0 Å². The lowest BCUT2D eigenvalue weighted by molar-refractivity contribution is 0.0478. The summed E-state index contributed by atoms with van der Waals surface area (Å²) in [6.45, 7) is -0.135. The number of aliphatic hydroxyl groups is 2. The molecule has 2 N–H and O–H groups in total. The molecule has 0 amide bonds. The molecule has 0 unspecified atom stereocenters. The second-order valence-corrected chi connectivity index (χ2v) is 2.77. The molecule has 14 heavy (non-hydrogen) atoms. The van der Waals surface area contributed by atoms with Gasteiger partial charge in [0.2, 0.25) is 0 Å². The Balaban J connectivity index is 2.93. The van der Waals surface area contributed by atoms with E-state index in [9.17, 15) is 0 Å². The maximum absolute atomic E-state index is 9.04. The van der Waals surface area contributed by atoms with Crippen LogP contribution in [0.3, 0.4) is 0 Å². The summed E-state index contributed by atoms with van der Waals surface area (Å²) < 4.78 is 10.0. The molecule has 0 bridgehead atoms. The van der Waals surface area contributed by atoms with Crippen LogP contribution in [0.4, 0.5) is 0 Å². The topological polar surface area (TPSA) is 58.9 Å². The Labute approximate surface area is 82.7 Å². The van der Waals surface area contributed by atoms with Gasteiger partial charge in [-0.3, -0.25) is 0 Å². The lowest BCUT2D eigenvalue weighted by Crippen LogP contribution is -2.04. The standard InChI is InChI=1S/C10H14O4/c1-13-7-14-10-8(5-11)3-2-4-9(10)6-12/h2-4,11-12H,5-7H2,1H3. The molecular formula is C10H14O4. The first kappa shape index (κ1) is 11.0. The zero-order chi connectivity index (χ0) is 10.4. The third kappa shape index (κ3) is 2.45. The SMILES string of the molecule is COCOc1c(CO)cccc1CO. The Kier molecular flexibility index (Phi) is 4.39. The maximum atomic E-state index is 9.04. The Morgan fingerprint density at radius 1 is 1.14 bits per heavy atom. The fraction of sp³-hybridized carbons (Fsp3) is 0.400. The lowest BCUT2D eigenvalue weighted by atomic mass is 10.1. The molecule has 0 aromatic heterocycles. The van der Waals surface area contributed by atoms with Gasteiger partial charge in [0.15, 0.2) is 6.79 Å². The average Bonchev–Trinajstić information content (AvgIpc) is 2.25. The van der Waals surface area contributed by atoms with E-state index in [1.165, 1.54) is 7.11 Å². The highest BCUT2D eigenvalue weighted by molar-refractivity contribution is 5.40. The van der Waals surface area contributed by atoms with Crippen LogP contribution in [0, 0.1) is 0 Å². The quantitative estimate of drug-likeness (QED) is 0.682. The number of aliphatic hydroxyl groups excluding tert-OH is 2. The van der Waals surface area contributed by atoms with Crippen molar-refractivity contribution in [2.24, 2.45) is 0 Å². The molecule has 1 aromatic rings. The molecule has 0 aliphatic carbocycles. The fourth-order valence-electron chi connectivity index (χ4n) is 1.19. The van der Waals surface area contributed by atoms with Crippen molar-refractivity contribution < 1.29 is 19.7 Å². The van der Waals surface area contributed by atoms with E-state index in [4.69, 9.17) is 19.7 Å². The Morgan fingerprint density at radius 2 is 1.71 bits per heavy atom. The Bertz CT molecular complexity index is 263. The first-order valence-corrected chi connectivity index (χ1v) is 4.27. The largest absolute Gasteiger partial charge is 0.467 e. The highest BCUT2D eigenvalue weighted by atomic mass is 16.7. The summed E-state index contributed by atoms with van der Waals surface area (Å²) >= 11 is 0. The predicted molar refractivity (Wildman–Crippen MR) is 50.8 cm³/mol. The summed E-state index contributed by atoms with van der Waals surface area (Å²) in [7, 11) is 1.51. The molecule has 0 fully saturated rings. The van der Waals surface area contributed by atoms with E-state index in [0.29, 0.717) is 16.9 Å². The number of hydrogen-bond donors (Lipinski definition) is 2. The minimum absolute atomic E-state index is 0.101. The normalized spacial score (nSPS) is 10.2. The van der Waals surface area contributed by atoms with Gasteiger partial charge < -0.3 is 19.7 Å². The van der Waals surface area contributed by atoms with E-state index >= 15 is 0 Å².